The number of amides is 1. The molecule has 184 valence electrons. The molecule has 0 bridgehead atoms. The zero-order chi connectivity index (χ0) is 24.5. The van der Waals surface area contributed by atoms with E-state index >= 15 is 0 Å². The van der Waals surface area contributed by atoms with Crippen LogP contribution in [0.2, 0.25) is 0 Å². The number of benzene rings is 2. The first kappa shape index (κ1) is 24.2. The molecule has 0 saturated carbocycles. The molecule has 2 aromatic rings. The first-order chi connectivity index (χ1) is 16.1. The monoisotopic (exact) mass is 503 g/mol. The molecule has 2 aliphatic rings. The number of halogens is 4. The summed E-state index contributed by atoms with van der Waals surface area (Å²) in [6.07, 6.45) is -6.67. The van der Waals surface area contributed by atoms with Crippen molar-refractivity contribution in [3.8, 4) is 0 Å². The van der Waals surface area contributed by atoms with Crippen molar-refractivity contribution in [3.05, 3.63) is 53.8 Å². The largest absolute Gasteiger partial charge is 0.443 e. The van der Waals surface area contributed by atoms with Gasteiger partial charge in [0.2, 0.25) is 10.0 Å². The van der Waals surface area contributed by atoms with Gasteiger partial charge in [-0.2, -0.15) is 13.2 Å². The number of morpholine rings is 1. The standard InChI is InChI=1S/C21H21F4N3O5S/c22-17-11-14(5-6-18(17)27-7-9-32-10-8-27)28-13-15(33-20(28)29)12-26-34(30,31)19-4-2-1-3-16(19)21(23,24)25/h1-6,11,15,26H,7-10,12-13H2/t15-/m0/s1. The molecule has 2 heterocycles. The van der Waals surface area contributed by atoms with Gasteiger partial charge in [0.05, 0.1) is 41.6 Å². The molecule has 2 aliphatic heterocycles. The minimum Gasteiger partial charge on any atom is -0.443 e. The Bertz CT molecular complexity index is 1170. The molecule has 8 nitrogen and oxygen atoms in total. The van der Waals surface area contributed by atoms with E-state index in [1.54, 1.807) is 6.07 Å². The predicted molar refractivity (Wildman–Crippen MR) is 114 cm³/mol. The number of carbonyl (C=O) groups is 1. The third kappa shape index (κ3) is 5.10. The summed E-state index contributed by atoms with van der Waals surface area (Å²) in [7, 11) is -4.54. The minimum absolute atomic E-state index is 0.112. The third-order valence-electron chi connectivity index (χ3n) is 5.45. The van der Waals surface area contributed by atoms with E-state index in [-0.39, 0.29) is 12.2 Å². The topological polar surface area (TPSA) is 88.2 Å². The van der Waals surface area contributed by atoms with Crippen molar-refractivity contribution in [3.63, 3.8) is 0 Å². The van der Waals surface area contributed by atoms with Crippen molar-refractivity contribution in [1.82, 2.24) is 4.72 Å². The molecule has 0 aliphatic carbocycles. The van der Waals surface area contributed by atoms with Crippen LogP contribution < -0.4 is 14.5 Å². The Balaban J connectivity index is 1.43. The summed E-state index contributed by atoms with van der Waals surface area (Å²) in [6.45, 7) is 1.45. The number of sulfonamides is 1. The van der Waals surface area contributed by atoms with Crippen molar-refractivity contribution in [1.29, 1.82) is 0 Å². The maximum atomic E-state index is 14.7. The number of nitrogens with one attached hydrogen (secondary N) is 1. The maximum Gasteiger partial charge on any atom is 0.417 e. The molecule has 0 unspecified atom stereocenters. The molecule has 0 aromatic heterocycles. The van der Waals surface area contributed by atoms with E-state index in [4.69, 9.17) is 9.47 Å². The second-order valence-electron chi connectivity index (χ2n) is 7.70. The lowest BCUT2D eigenvalue weighted by Gasteiger charge is -2.29. The molecule has 0 radical (unpaired) electrons. The third-order valence-corrected chi connectivity index (χ3v) is 6.93. The molecule has 1 amide bonds. The summed E-state index contributed by atoms with van der Waals surface area (Å²) in [5.74, 6) is -0.542. The number of anilines is 2. The van der Waals surface area contributed by atoms with Crippen LogP contribution >= 0.6 is 0 Å². The minimum atomic E-state index is -4.86. The zero-order valence-corrected chi connectivity index (χ0v) is 18.5. The van der Waals surface area contributed by atoms with E-state index in [2.05, 4.69) is 4.72 Å². The quantitative estimate of drug-likeness (QED) is 0.610. The average Bonchev–Trinajstić information content (AvgIpc) is 3.18. The molecular formula is C21H21F4N3O5S. The second-order valence-corrected chi connectivity index (χ2v) is 9.43. The predicted octanol–water partition coefficient (Wildman–Crippen LogP) is 2.98. The van der Waals surface area contributed by atoms with E-state index in [0.29, 0.717) is 38.1 Å². The van der Waals surface area contributed by atoms with Gasteiger partial charge in [-0.25, -0.2) is 22.3 Å². The number of ether oxygens (including phenoxy) is 2. The molecule has 1 N–H and O–H groups in total. The van der Waals surface area contributed by atoms with Crippen LogP contribution in [0.25, 0.3) is 0 Å². The Morgan fingerprint density at radius 3 is 2.47 bits per heavy atom. The van der Waals surface area contributed by atoms with Gasteiger partial charge in [0.15, 0.2) is 0 Å². The average molecular weight is 503 g/mol. The van der Waals surface area contributed by atoms with E-state index in [0.717, 1.165) is 17.0 Å². The Morgan fingerprint density at radius 2 is 1.79 bits per heavy atom. The van der Waals surface area contributed by atoms with Gasteiger partial charge in [-0.3, -0.25) is 4.90 Å². The van der Waals surface area contributed by atoms with Crippen molar-refractivity contribution in [2.75, 3.05) is 49.2 Å². The van der Waals surface area contributed by atoms with E-state index in [9.17, 15) is 30.8 Å². The summed E-state index contributed by atoms with van der Waals surface area (Å²) < 4.78 is 91.7. The SMILES string of the molecule is O=C1O[C@@H](CNS(=O)(=O)c2ccccc2C(F)(F)F)CN1c1ccc(N2CCOCC2)c(F)c1. The van der Waals surface area contributed by atoms with Crippen LogP contribution in [0.4, 0.5) is 33.7 Å². The van der Waals surface area contributed by atoms with Gasteiger partial charge in [-0.05, 0) is 30.3 Å². The molecule has 2 aromatic carbocycles. The highest BCUT2D eigenvalue weighted by molar-refractivity contribution is 7.89. The van der Waals surface area contributed by atoms with Crippen LogP contribution in [0.3, 0.4) is 0 Å². The molecule has 2 saturated heterocycles. The van der Waals surface area contributed by atoms with Crippen LogP contribution in [-0.4, -0.2) is 60.0 Å². The Kier molecular flexibility index (Phi) is 6.69. The number of rotatable bonds is 6. The highest BCUT2D eigenvalue weighted by atomic mass is 32.2. The summed E-state index contributed by atoms with van der Waals surface area (Å²) in [6, 6.07) is 8.03. The molecule has 34 heavy (non-hydrogen) atoms. The number of nitrogens with zero attached hydrogens (tertiary/aromatic N) is 2. The van der Waals surface area contributed by atoms with Crippen LogP contribution in [0.15, 0.2) is 47.4 Å². The smallest absolute Gasteiger partial charge is 0.417 e. The lowest BCUT2D eigenvalue weighted by atomic mass is 10.2. The molecule has 1 atom stereocenters. The number of cyclic esters (lactones) is 1. The number of hydrogen-bond acceptors (Lipinski definition) is 6. The Morgan fingerprint density at radius 1 is 1.09 bits per heavy atom. The fourth-order valence-corrected chi connectivity index (χ4v) is 5.07. The highest BCUT2D eigenvalue weighted by Crippen LogP contribution is 2.34. The fraction of sp³-hybridized carbons (Fsp3) is 0.381. The van der Waals surface area contributed by atoms with Gasteiger partial charge < -0.3 is 14.4 Å². The second kappa shape index (κ2) is 9.39. The summed E-state index contributed by atoms with van der Waals surface area (Å²) in [5.41, 5.74) is -0.720. The molecule has 13 heteroatoms. The normalized spacial score (nSPS) is 19.4. The van der Waals surface area contributed by atoms with E-state index in [1.807, 2.05) is 4.90 Å². The van der Waals surface area contributed by atoms with Gasteiger partial charge in [0.1, 0.15) is 11.9 Å². The Hall–Kier alpha value is -2.90. The van der Waals surface area contributed by atoms with Crippen molar-refractivity contribution < 1.29 is 40.2 Å². The van der Waals surface area contributed by atoms with Crippen molar-refractivity contribution in [2.45, 2.75) is 17.2 Å². The fourth-order valence-electron chi connectivity index (χ4n) is 3.78. The maximum absolute atomic E-state index is 14.7. The van der Waals surface area contributed by atoms with Gasteiger partial charge in [0.25, 0.3) is 0 Å². The van der Waals surface area contributed by atoms with E-state index < -0.39 is 51.2 Å². The van der Waals surface area contributed by atoms with Crippen molar-refractivity contribution >= 4 is 27.5 Å². The molecule has 4 rings (SSSR count). The number of hydrogen-bond donors (Lipinski definition) is 1. The van der Waals surface area contributed by atoms with E-state index in [1.165, 1.54) is 18.2 Å². The lowest BCUT2D eigenvalue weighted by Crippen LogP contribution is -2.37. The zero-order valence-electron chi connectivity index (χ0n) is 17.7. The van der Waals surface area contributed by atoms with Crippen LogP contribution in [0, 0.1) is 5.82 Å². The highest BCUT2D eigenvalue weighted by Gasteiger charge is 2.38. The first-order valence-corrected chi connectivity index (χ1v) is 11.8. The first-order valence-electron chi connectivity index (χ1n) is 10.3. The van der Waals surface area contributed by atoms with Crippen molar-refractivity contribution in [2.24, 2.45) is 0 Å². The molecule has 0 spiro atoms. The number of alkyl halides is 3. The molecular weight excluding hydrogens is 482 g/mol. The molecule has 2 fully saturated rings. The summed E-state index contributed by atoms with van der Waals surface area (Å²) in [5, 5.41) is 0. The van der Waals surface area contributed by atoms with Gasteiger partial charge in [0, 0.05) is 19.6 Å². The van der Waals surface area contributed by atoms with Gasteiger partial charge in [-0.15, -0.1) is 0 Å². The Labute approximate surface area is 193 Å². The van der Waals surface area contributed by atoms with Crippen LogP contribution in [0.5, 0.6) is 0 Å². The van der Waals surface area contributed by atoms with Crippen LogP contribution in [0.1, 0.15) is 5.56 Å². The summed E-state index contributed by atoms with van der Waals surface area (Å²) in [4.78, 5) is 14.3. The van der Waals surface area contributed by atoms with Crippen LogP contribution in [-0.2, 0) is 25.7 Å². The van der Waals surface area contributed by atoms with Gasteiger partial charge in [-0.1, -0.05) is 12.1 Å². The lowest BCUT2D eigenvalue weighted by molar-refractivity contribution is -0.139. The summed E-state index contributed by atoms with van der Waals surface area (Å²) >= 11 is 0. The van der Waals surface area contributed by atoms with Gasteiger partial charge >= 0.3 is 12.3 Å². The number of carbonyl (C=O) groups excluding carboxylic acids is 1.